The van der Waals surface area contributed by atoms with Crippen LogP contribution in [0.2, 0.25) is 0 Å². The molecule has 2 rings (SSSR count). The highest BCUT2D eigenvalue weighted by Gasteiger charge is 2.34. The maximum absolute atomic E-state index is 11.9. The number of hydrogen-bond donors (Lipinski definition) is 2. The van der Waals surface area contributed by atoms with Gasteiger partial charge in [-0.05, 0) is 47.4 Å². The average Bonchev–Trinajstić information content (AvgIpc) is 2.96. The van der Waals surface area contributed by atoms with Crippen LogP contribution in [0.4, 0.5) is 0 Å². The highest BCUT2D eigenvalue weighted by atomic mass is 127. The molecular weight excluding hydrogens is 355 g/mol. The fraction of sp³-hybridized carbons (Fsp3) is 0.400. The van der Waals surface area contributed by atoms with E-state index >= 15 is 0 Å². The number of halogens is 1. The molecule has 1 heterocycles. The van der Waals surface area contributed by atoms with Gasteiger partial charge in [0.1, 0.15) is 0 Å². The Kier molecular flexibility index (Phi) is 3.81. The lowest BCUT2D eigenvalue weighted by atomic mass is 10.1. The first kappa shape index (κ1) is 12.3. The summed E-state index contributed by atoms with van der Waals surface area (Å²) in [5, 5.41) is 4.75. The fourth-order valence-corrected chi connectivity index (χ4v) is 3.08. The number of nitrogens with one attached hydrogen (secondary N) is 1. The summed E-state index contributed by atoms with van der Waals surface area (Å²) in [6.07, 6.45) is 2.20. The van der Waals surface area contributed by atoms with Crippen LogP contribution in [0.3, 0.4) is 0 Å². The van der Waals surface area contributed by atoms with Gasteiger partial charge in [-0.3, -0.25) is 4.79 Å². The zero-order valence-corrected chi connectivity index (χ0v) is 12.2. The van der Waals surface area contributed by atoms with Crippen molar-refractivity contribution in [1.29, 1.82) is 0 Å². The third kappa shape index (κ3) is 2.92. The molecular formula is C10H11IN2OS2. The molecule has 1 aromatic rings. The minimum atomic E-state index is -0.139. The van der Waals surface area contributed by atoms with Crippen molar-refractivity contribution in [1.82, 2.24) is 5.32 Å². The maximum Gasteiger partial charge on any atom is 0.252 e. The molecule has 6 heteroatoms. The predicted octanol–water partition coefficient (Wildman–Crippen LogP) is 2.15. The van der Waals surface area contributed by atoms with E-state index in [0.29, 0.717) is 16.5 Å². The minimum absolute atomic E-state index is 0.0798. The van der Waals surface area contributed by atoms with Crippen LogP contribution in [0.1, 0.15) is 23.2 Å². The Morgan fingerprint density at radius 3 is 2.81 bits per heavy atom. The van der Waals surface area contributed by atoms with Crippen molar-refractivity contribution in [2.24, 2.45) is 11.7 Å². The Morgan fingerprint density at radius 2 is 2.38 bits per heavy atom. The number of amides is 1. The Labute approximate surface area is 117 Å². The average molecular weight is 366 g/mol. The zero-order chi connectivity index (χ0) is 11.7. The Bertz CT molecular complexity index is 428. The zero-order valence-electron chi connectivity index (χ0n) is 8.40. The van der Waals surface area contributed by atoms with E-state index in [4.69, 9.17) is 18.0 Å². The second kappa shape index (κ2) is 4.97. The lowest BCUT2D eigenvalue weighted by Gasteiger charge is -2.15. The number of thiocarbonyl (C=S) groups is 1. The largest absolute Gasteiger partial charge is 0.392 e. The minimum Gasteiger partial charge on any atom is -0.392 e. The molecule has 0 radical (unpaired) electrons. The van der Waals surface area contributed by atoms with Gasteiger partial charge in [0.2, 0.25) is 0 Å². The van der Waals surface area contributed by atoms with Crippen molar-refractivity contribution in [3.63, 3.8) is 0 Å². The number of thiophene rings is 1. The summed E-state index contributed by atoms with van der Waals surface area (Å²) in [4.78, 5) is 12.3. The lowest BCUT2D eigenvalue weighted by molar-refractivity contribution is 0.0944. The number of nitrogens with two attached hydrogens (primary N) is 1. The molecule has 1 aliphatic carbocycles. The summed E-state index contributed by atoms with van der Waals surface area (Å²) in [5.74, 6) is 0.364. The molecule has 0 saturated heterocycles. The van der Waals surface area contributed by atoms with E-state index in [1.807, 2.05) is 11.4 Å². The molecule has 1 aromatic heterocycles. The first-order chi connectivity index (χ1) is 7.58. The standard InChI is InChI=1S/C10H11IN2OS2/c11-7-3-6(4-16-7)10(14)13-8(9(12)15)5-1-2-5/h3-5,8H,1-2H2,(H2,12,15)(H,13,14). The first-order valence-electron chi connectivity index (χ1n) is 4.92. The third-order valence-electron chi connectivity index (χ3n) is 2.52. The molecule has 0 aliphatic heterocycles. The van der Waals surface area contributed by atoms with Crippen molar-refractivity contribution in [2.75, 3.05) is 0 Å². The van der Waals surface area contributed by atoms with Crippen molar-refractivity contribution in [2.45, 2.75) is 18.9 Å². The van der Waals surface area contributed by atoms with Crippen molar-refractivity contribution in [3.8, 4) is 0 Å². The van der Waals surface area contributed by atoms with E-state index in [2.05, 4.69) is 27.9 Å². The Morgan fingerprint density at radius 1 is 1.69 bits per heavy atom. The molecule has 1 fully saturated rings. The van der Waals surface area contributed by atoms with Gasteiger partial charge < -0.3 is 11.1 Å². The van der Waals surface area contributed by atoms with Gasteiger partial charge in [-0.1, -0.05) is 12.2 Å². The molecule has 0 aromatic carbocycles. The van der Waals surface area contributed by atoms with Crippen LogP contribution in [0, 0.1) is 8.80 Å². The van der Waals surface area contributed by atoms with Crippen molar-refractivity contribution >= 4 is 57.0 Å². The summed E-state index contributed by atoms with van der Waals surface area (Å²) in [6, 6.07) is 1.73. The van der Waals surface area contributed by atoms with E-state index in [0.717, 1.165) is 15.7 Å². The van der Waals surface area contributed by atoms with E-state index in [-0.39, 0.29) is 11.9 Å². The van der Waals surface area contributed by atoms with Gasteiger partial charge >= 0.3 is 0 Å². The molecule has 0 bridgehead atoms. The van der Waals surface area contributed by atoms with Gasteiger partial charge in [0.15, 0.2) is 0 Å². The summed E-state index contributed by atoms with van der Waals surface area (Å²) >= 11 is 8.72. The van der Waals surface area contributed by atoms with Crippen LogP contribution >= 0.6 is 46.1 Å². The molecule has 1 unspecified atom stereocenters. The highest BCUT2D eigenvalue weighted by molar-refractivity contribution is 14.1. The van der Waals surface area contributed by atoms with Crippen molar-refractivity contribution in [3.05, 3.63) is 19.9 Å². The van der Waals surface area contributed by atoms with Crippen LogP contribution in [-0.4, -0.2) is 16.9 Å². The predicted molar refractivity (Wildman–Crippen MR) is 77.8 cm³/mol. The normalized spacial score (nSPS) is 16.8. The van der Waals surface area contributed by atoms with Gasteiger partial charge in [0.25, 0.3) is 5.91 Å². The lowest BCUT2D eigenvalue weighted by Crippen LogP contribution is -2.44. The number of carbonyl (C=O) groups excluding carboxylic acids is 1. The topological polar surface area (TPSA) is 55.1 Å². The van der Waals surface area contributed by atoms with Crippen LogP contribution in [0.5, 0.6) is 0 Å². The van der Waals surface area contributed by atoms with Gasteiger partial charge in [0, 0.05) is 5.38 Å². The molecule has 1 aliphatic rings. The van der Waals surface area contributed by atoms with E-state index in [1.54, 1.807) is 11.3 Å². The smallest absolute Gasteiger partial charge is 0.252 e. The van der Waals surface area contributed by atoms with Crippen molar-refractivity contribution < 1.29 is 4.79 Å². The first-order valence-corrected chi connectivity index (χ1v) is 7.29. The summed E-state index contributed by atoms with van der Waals surface area (Å²) in [6.45, 7) is 0. The summed E-state index contributed by atoms with van der Waals surface area (Å²) < 4.78 is 1.10. The highest BCUT2D eigenvalue weighted by Crippen LogP contribution is 2.33. The molecule has 86 valence electrons. The summed E-state index contributed by atoms with van der Waals surface area (Å²) in [7, 11) is 0. The van der Waals surface area contributed by atoms with Gasteiger partial charge in [-0.2, -0.15) is 0 Å². The Balaban J connectivity index is 2.02. The number of carbonyl (C=O) groups is 1. The van der Waals surface area contributed by atoms with E-state index < -0.39 is 0 Å². The van der Waals surface area contributed by atoms with E-state index in [9.17, 15) is 4.79 Å². The van der Waals surface area contributed by atoms with Gasteiger partial charge in [0.05, 0.1) is 19.5 Å². The fourth-order valence-electron chi connectivity index (χ4n) is 1.50. The summed E-state index contributed by atoms with van der Waals surface area (Å²) in [5.41, 5.74) is 6.32. The second-order valence-electron chi connectivity index (χ2n) is 3.83. The van der Waals surface area contributed by atoms with Crippen LogP contribution in [0.25, 0.3) is 0 Å². The quantitative estimate of drug-likeness (QED) is 0.634. The van der Waals surface area contributed by atoms with Crippen LogP contribution < -0.4 is 11.1 Å². The van der Waals surface area contributed by atoms with E-state index in [1.165, 1.54) is 0 Å². The van der Waals surface area contributed by atoms with Gasteiger partial charge in [-0.25, -0.2) is 0 Å². The van der Waals surface area contributed by atoms with Gasteiger partial charge in [-0.15, -0.1) is 11.3 Å². The Hall–Kier alpha value is -0.210. The molecule has 0 spiro atoms. The molecule has 1 amide bonds. The molecule has 1 atom stereocenters. The molecule has 1 saturated carbocycles. The SMILES string of the molecule is NC(=S)C(NC(=O)c1csc(I)c1)C1CC1. The third-order valence-corrected chi connectivity index (χ3v) is 4.56. The second-order valence-corrected chi connectivity index (χ2v) is 7.11. The van der Waals surface area contributed by atoms with Crippen LogP contribution in [-0.2, 0) is 0 Å². The molecule has 3 N–H and O–H groups in total. The monoisotopic (exact) mass is 366 g/mol. The maximum atomic E-state index is 11.9. The molecule has 16 heavy (non-hydrogen) atoms. The van der Waals surface area contributed by atoms with Crippen LogP contribution in [0.15, 0.2) is 11.4 Å². The molecule has 3 nitrogen and oxygen atoms in total. The number of rotatable bonds is 4. The number of hydrogen-bond acceptors (Lipinski definition) is 3.